The third-order valence-corrected chi connectivity index (χ3v) is 5.49. The fourth-order valence-corrected chi connectivity index (χ4v) is 3.86. The minimum absolute atomic E-state index is 0.111. The Labute approximate surface area is 151 Å². The number of aromatic nitrogens is 4. The lowest BCUT2D eigenvalue weighted by Gasteiger charge is -2.46. The highest BCUT2D eigenvalue weighted by Crippen LogP contribution is 2.35. The summed E-state index contributed by atoms with van der Waals surface area (Å²) in [6, 6.07) is 7.65. The number of hydrogen-bond donors (Lipinski definition) is 1. The van der Waals surface area contributed by atoms with Gasteiger partial charge in [-0.05, 0) is 53.8 Å². The van der Waals surface area contributed by atoms with Crippen molar-refractivity contribution >= 4 is 5.91 Å². The van der Waals surface area contributed by atoms with Gasteiger partial charge in [0.2, 0.25) is 5.91 Å². The second-order valence-corrected chi connectivity index (χ2v) is 7.05. The number of hydrogen-bond acceptors (Lipinski definition) is 6. The molecule has 1 aromatic carbocycles. The van der Waals surface area contributed by atoms with Crippen LogP contribution in [0.2, 0.25) is 0 Å². The smallest absolute Gasteiger partial charge is 0.226 e. The number of nitrogens with zero attached hydrogens (tertiary/aromatic N) is 5. The molecule has 1 atom stereocenters. The predicted octanol–water partition coefficient (Wildman–Crippen LogP) is 0.737. The molecular weight excluding hydrogens is 334 g/mol. The molecule has 2 saturated heterocycles. The number of piperidine rings is 1. The van der Waals surface area contributed by atoms with Crippen molar-refractivity contribution in [1.82, 2.24) is 25.1 Å². The van der Waals surface area contributed by atoms with Gasteiger partial charge in [-0.3, -0.25) is 4.79 Å². The molecule has 2 aromatic rings. The van der Waals surface area contributed by atoms with E-state index in [4.69, 9.17) is 4.74 Å². The highest BCUT2D eigenvalue weighted by molar-refractivity contribution is 5.79. The van der Waals surface area contributed by atoms with Gasteiger partial charge in [-0.2, -0.15) is 0 Å². The lowest BCUT2D eigenvalue weighted by atomic mass is 9.82. The van der Waals surface area contributed by atoms with Crippen LogP contribution in [0.25, 0.3) is 5.69 Å². The highest BCUT2D eigenvalue weighted by atomic mass is 16.5. The van der Waals surface area contributed by atoms with Crippen LogP contribution >= 0.6 is 0 Å². The average Bonchev–Trinajstić information content (AvgIpc) is 3.20. The van der Waals surface area contributed by atoms with Crippen molar-refractivity contribution in [3.63, 3.8) is 0 Å². The van der Waals surface area contributed by atoms with E-state index in [2.05, 4.69) is 15.5 Å². The van der Waals surface area contributed by atoms with Crippen LogP contribution in [-0.2, 0) is 16.0 Å². The summed E-state index contributed by atoms with van der Waals surface area (Å²) in [6.45, 7) is 1.98. The van der Waals surface area contributed by atoms with E-state index in [1.807, 2.05) is 29.2 Å². The predicted molar refractivity (Wildman–Crippen MR) is 92.6 cm³/mol. The maximum absolute atomic E-state index is 12.6. The monoisotopic (exact) mass is 357 g/mol. The summed E-state index contributed by atoms with van der Waals surface area (Å²) in [5.74, 6) is 0.111. The maximum Gasteiger partial charge on any atom is 0.226 e. The van der Waals surface area contributed by atoms with E-state index in [9.17, 15) is 9.90 Å². The van der Waals surface area contributed by atoms with Crippen molar-refractivity contribution < 1.29 is 14.6 Å². The Kier molecular flexibility index (Phi) is 4.69. The molecule has 1 amide bonds. The second kappa shape index (κ2) is 7.13. The summed E-state index contributed by atoms with van der Waals surface area (Å²) < 4.78 is 7.48. The quantitative estimate of drug-likeness (QED) is 0.871. The van der Waals surface area contributed by atoms with Gasteiger partial charge >= 0.3 is 0 Å². The standard InChI is InChI=1S/C18H23N5O3/c24-16-2-1-11-26-18(16)7-9-22(10-8-18)17(25)12-14-3-5-15(6-4-14)23-13-19-20-21-23/h3-6,13,16,24H,1-2,7-12H2/t16-/m1/s1. The topological polar surface area (TPSA) is 93.4 Å². The molecular formula is C18H23N5O3. The molecule has 2 fully saturated rings. The normalized spacial score (nSPS) is 22.5. The summed E-state index contributed by atoms with van der Waals surface area (Å²) in [4.78, 5) is 14.5. The largest absolute Gasteiger partial charge is 0.390 e. The summed E-state index contributed by atoms with van der Waals surface area (Å²) in [7, 11) is 0. The van der Waals surface area contributed by atoms with Crippen LogP contribution in [0.5, 0.6) is 0 Å². The van der Waals surface area contributed by atoms with Crippen molar-refractivity contribution in [3.8, 4) is 5.69 Å². The molecule has 0 saturated carbocycles. The number of aliphatic hydroxyl groups is 1. The van der Waals surface area contributed by atoms with E-state index in [0.29, 0.717) is 39.0 Å². The zero-order valence-corrected chi connectivity index (χ0v) is 14.6. The number of benzene rings is 1. The van der Waals surface area contributed by atoms with Gasteiger partial charge in [0.1, 0.15) is 6.33 Å². The third-order valence-electron chi connectivity index (χ3n) is 5.49. The summed E-state index contributed by atoms with van der Waals surface area (Å²) in [6.07, 6.45) is 4.61. The summed E-state index contributed by atoms with van der Waals surface area (Å²) in [5.41, 5.74) is 1.37. The number of likely N-dealkylation sites (tertiary alicyclic amines) is 1. The fourth-order valence-electron chi connectivity index (χ4n) is 3.86. The first-order valence-corrected chi connectivity index (χ1v) is 9.08. The van der Waals surface area contributed by atoms with Gasteiger partial charge < -0.3 is 14.7 Å². The summed E-state index contributed by atoms with van der Waals surface area (Å²) >= 11 is 0. The zero-order valence-electron chi connectivity index (χ0n) is 14.6. The number of carbonyl (C=O) groups is 1. The van der Waals surface area contributed by atoms with Crippen molar-refractivity contribution in [3.05, 3.63) is 36.2 Å². The van der Waals surface area contributed by atoms with Crippen LogP contribution in [0.4, 0.5) is 0 Å². The molecule has 1 aromatic heterocycles. The Bertz CT molecular complexity index is 739. The van der Waals surface area contributed by atoms with Crippen LogP contribution in [-0.4, -0.2) is 67.5 Å². The van der Waals surface area contributed by atoms with Gasteiger partial charge in [-0.25, -0.2) is 4.68 Å². The number of rotatable bonds is 3. The molecule has 8 heteroatoms. The molecule has 4 rings (SSSR count). The Morgan fingerprint density at radius 3 is 2.69 bits per heavy atom. The highest BCUT2D eigenvalue weighted by Gasteiger charge is 2.44. The first-order chi connectivity index (χ1) is 12.7. The molecule has 8 nitrogen and oxygen atoms in total. The van der Waals surface area contributed by atoms with Gasteiger partial charge in [0.25, 0.3) is 0 Å². The molecule has 0 unspecified atom stereocenters. The molecule has 0 aliphatic carbocycles. The molecule has 1 N–H and O–H groups in total. The van der Waals surface area contributed by atoms with Crippen molar-refractivity contribution in [1.29, 1.82) is 0 Å². The second-order valence-electron chi connectivity index (χ2n) is 7.05. The lowest BCUT2D eigenvalue weighted by Crippen LogP contribution is -2.56. The number of carbonyl (C=O) groups excluding carboxylic acids is 1. The first kappa shape index (κ1) is 17.1. The van der Waals surface area contributed by atoms with Gasteiger partial charge in [-0.1, -0.05) is 12.1 Å². The van der Waals surface area contributed by atoms with E-state index in [0.717, 1.165) is 24.1 Å². The van der Waals surface area contributed by atoms with Crippen molar-refractivity contribution in [2.75, 3.05) is 19.7 Å². The molecule has 138 valence electrons. The Balaban J connectivity index is 1.34. The van der Waals surface area contributed by atoms with E-state index in [1.165, 1.54) is 6.33 Å². The Morgan fingerprint density at radius 1 is 1.27 bits per heavy atom. The van der Waals surface area contributed by atoms with E-state index in [-0.39, 0.29) is 5.91 Å². The molecule has 0 bridgehead atoms. The zero-order chi connectivity index (χ0) is 18.0. The minimum Gasteiger partial charge on any atom is -0.390 e. The number of amides is 1. The maximum atomic E-state index is 12.6. The van der Waals surface area contributed by atoms with Crippen LogP contribution in [0.15, 0.2) is 30.6 Å². The molecule has 2 aliphatic rings. The molecule has 1 spiro atoms. The Morgan fingerprint density at radius 2 is 2.04 bits per heavy atom. The van der Waals surface area contributed by atoms with Gasteiger partial charge in [-0.15, -0.1) is 5.10 Å². The molecule has 0 radical (unpaired) electrons. The number of aliphatic hydroxyl groups excluding tert-OH is 1. The Hall–Kier alpha value is -2.32. The first-order valence-electron chi connectivity index (χ1n) is 9.08. The minimum atomic E-state index is -0.442. The van der Waals surface area contributed by atoms with Crippen molar-refractivity contribution in [2.24, 2.45) is 0 Å². The molecule has 26 heavy (non-hydrogen) atoms. The summed E-state index contributed by atoms with van der Waals surface area (Å²) in [5, 5.41) is 21.4. The van der Waals surface area contributed by atoms with E-state index >= 15 is 0 Å². The average molecular weight is 357 g/mol. The number of ether oxygens (including phenoxy) is 1. The van der Waals surface area contributed by atoms with Crippen LogP contribution < -0.4 is 0 Å². The fraction of sp³-hybridized carbons (Fsp3) is 0.556. The van der Waals surface area contributed by atoms with E-state index < -0.39 is 11.7 Å². The van der Waals surface area contributed by atoms with Gasteiger partial charge in [0, 0.05) is 19.7 Å². The lowest BCUT2D eigenvalue weighted by molar-refractivity contribution is -0.179. The van der Waals surface area contributed by atoms with Gasteiger partial charge in [0.15, 0.2) is 0 Å². The molecule has 3 heterocycles. The third kappa shape index (κ3) is 3.34. The number of tetrazole rings is 1. The molecule has 2 aliphatic heterocycles. The van der Waals surface area contributed by atoms with Crippen LogP contribution in [0, 0.1) is 0 Å². The van der Waals surface area contributed by atoms with Crippen LogP contribution in [0.3, 0.4) is 0 Å². The SMILES string of the molecule is O=C(Cc1ccc(-n2cnnn2)cc1)N1CCC2(CC1)OCCC[C@H]2O. The van der Waals surface area contributed by atoms with Crippen molar-refractivity contribution in [2.45, 2.75) is 43.8 Å². The van der Waals surface area contributed by atoms with Crippen LogP contribution in [0.1, 0.15) is 31.2 Å². The van der Waals surface area contributed by atoms with Gasteiger partial charge in [0.05, 0.1) is 23.8 Å². The van der Waals surface area contributed by atoms with E-state index in [1.54, 1.807) is 4.68 Å².